The van der Waals surface area contributed by atoms with E-state index in [1.54, 1.807) is 54.6 Å². The topological polar surface area (TPSA) is 88.1 Å². The number of carbonyl (C=O) groups is 1. The first-order valence-corrected chi connectivity index (χ1v) is 12.2. The van der Waals surface area contributed by atoms with Gasteiger partial charge in [0.15, 0.2) is 5.82 Å². The number of nitrogens with one attached hydrogen (secondary N) is 1. The Morgan fingerprint density at radius 2 is 1.88 bits per heavy atom. The number of carboxylic acids is 1. The highest BCUT2D eigenvalue weighted by Crippen LogP contribution is 2.31. The van der Waals surface area contributed by atoms with E-state index in [0.29, 0.717) is 38.3 Å². The minimum Gasteiger partial charge on any atom is -0.488 e. The first-order valence-electron chi connectivity index (χ1n) is 9.86. The van der Waals surface area contributed by atoms with Crippen LogP contribution in [0.25, 0.3) is 17.5 Å². The number of H-pyrrole nitrogens is 1. The summed E-state index contributed by atoms with van der Waals surface area (Å²) < 4.78 is 6.54. The van der Waals surface area contributed by atoms with Crippen molar-refractivity contribution in [3.05, 3.63) is 97.3 Å². The van der Waals surface area contributed by atoms with Crippen LogP contribution in [0.2, 0.25) is 10.0 Å². The summed E-state index contributed by atoms with van der Waals surface area (Å²) in [7, 11) is 0. The lowest BCUT2D eigenvalue weighted by atomic mass is 10.2. The molecule has 0 fully saturated rings. The number of ether oxygens (including phenoxy) is 1. The fourth-order valence-electron chi connectivity index (χ4n) is 2.91. The summed E-state index contributed by atoms with van der Waals surface area (Å²) >= 11 is 16.5. The Kier molecular flexibility index (Phi) is 7.95. The van der Waals surface area contributed by atoms with Gasteiger partial charge >= 0.3 is 5.97 Å². The normalized spacial score (nSPS) is 11.4. The third-order valence-corrected chi connectivity index (χ3v) is 6.71. The molecule has 0 radical (unpaired) electrons. The summed E-state index contributed by atoms with van der Waals surface area (Å²) in [5, 5.41) is 18.2. The highest BCUT2D eigenvalue weighted by molar-refractivity contribution is 9.10. The first kappa shape index (κ1) is 24.3. The van der Waals surface area contributed by atoms with Gasteiger partial charge in [-0.1, -0.05) is 47.5 Å². The lowest BCUT2D eigenvalue weighted by Gasteiger charge is -2.10. The molecule has 0 aliphatic carbocycles. The minimum atomic E-state index is -1.09. The molecule has 2 N–H and O–H groups in total. The largest absolute Gasteiger partial charge is 0.488 e. The van der Waals surface area contributed by atoms with Gasteiger partial charge in [-0.2, -0.15) is 0 Å². The molecule has 1 aromatic heterocycles. The van der Waals surface area contributed by atoms with Crippen LogP contribution in [0.15, 0.2) is 81.3 Å². The summed E-state index contributed by atoms with van der Waals surface area (Å²) in [5.41, 5.74) is 2.34. The van der Waals surface area contributed by atoms with Gasteiger partial charge in [-0.3, -0.25) is 5.10 Å². The quantitative estimate of drug-likeness (QED) is 0.168. The van der Waals surface area contributed by atoms with E-state index >= 15 is 0 Å². The second kappa shape index (κ2) is 11.1. The molecule has 0 saturated carbocycles. The highest BCUT2D eigenvalue weighted by atomic mass is 79.9. The van der Waals surface area contributed by atoms with Crippen LogP contribution >= 0.6 is 50.9 Å². The predicted octanol–water partition coefficient (Wildman–Crippen LogP) is 7.34. The molecule has 0 aliphatic rings. The van der Waals surface area contributed by atoms with Gasteiger partial charge in [0, 0.05) is 21.2 Å². The summed E-state index contributed by atoms with van der Waals surface area (Å²) in [6.45, 7) is 0.310. The van der Waals surface area contributed by atoms with Crippen LogP contribution in [0.1, 0.15) is 11.1 Å². The fraction of sp³-hybridized carbons (Fsp3) is 0.0417. The number of rotatable bonds is 8. The highest BCUT2D eigenvalue weighted by Gasteiger charge is 2.15. The van der Waals surface area contributed by atoms with E-state index < -0.39 is 5.97 Å². The molecule has 0 aliphatic heterocycles. The zero-order chi connectivity index (χ0) is 24.1. The summed E-state index contributed by atoms with van der Waals surface area (Å²) in [6.07, 6.45) is 1.55. The maximum Gasteiger partial charge on any atom is 0.342 e. The Balaban J connectivity index is 1.48. The SMILES string of the molecule is O=C(O)/C(=C/c1ccc(OCc2ccccc2Cl)c(Br)c1)Sc1n[nH]c(-c2ccc(Cl)cc2)n1. The van der Waals surface area contributed by atoms with Crippen molar-refractivity contribution >= 4 is 62.9 Å². The Hall–Kier alpha value is -2.78. The van der Waals surface area contributed by atoms with Crippen LogP contribution in [0.3, 0.4) is 0 Å². The van der Waals surface area contributed by atoms with Gasteiger partial charge in [0.2, 0.25) is 5.16 Å². The molecule has 0 saturated heterocycles. The van der Waals surface area contributed by atoms with Crippen molar-refractivity contribution in [2.45, 2.75) is 11.8 Å². The molecule has 172 valence electrons. The van der Waals surface area contributed by atoms with E-state index in [9.17, 15) is 9.90 Å². The molecule has 0 spiro atoms. The van der Waals surface area contributed by atoms with Crippen molar-refractivity contribution < 1.29 is 14.6 Å². The lowest BCUT2D eigenvalue weighted by Crippen LogP contribution is -1.98. The van der Waals surface area contributed by atoms with Gasteiger partial charge in [0.1, 0.15) is 17.3 Å². The molecule has 4 rings (SSSR count). The average Bonchev–Trinajstić information content (AvgIpc) is 3.28. The molecular weight excluding hydrogens is 561 g/mol. The number of halogens is 3. The number of benzene rings is 3. The molecule has 1 heterocycles. The molecular formula is C24H16BrCl2N3O3S. The second-order valence-corrected chi connectivity index (χ2v) is 9.67. The number of aliphatic carboxylic acids is 1. The van der Waals surface area contributed by atoms with Crippen LogP contribution in [-0.2, 0) is 11.4 Å². The van der Waals surface area contributed by atoms with Gasteiger partial charge in [0.05, 0.1) is 4.47 Å². The molecule has 0 unspecified atom stereocenters. The number of hydrogen-bond acceptors (Lipinski definition) is 5. The Labute approximate surface area is 218 Å². The minimum absolute atomic E-state index is 0.0679. The summed E-state index contributed by atoms with van der Waals surface area (Å²) in [4.78, 5) is 16.3. The molecule has 0 bridgehead atoms. The summed E-state index contributed by atoms with van der Waals surface area (Å²) in [6, 6.07) is 19.9. The van der Waals surface area contributed by atoms with Crippen molar-refractivity contribution in [2.75, 3.05) is 0 Å². The summed E-state index contributed by atoms with van der Waals surface area (Å²) in [5.74, 6) is 0.0489. The van der Waals surface area contributed by atoms with E-state index in [0.717, 1.165) is 22.9 Å². The molecule has 34 heavy (non-hydrogen) atoms. The molecule has 4 aromatic rings. The van der Waals surface area contributed by atoms with Crippen molar-refractivity contribution in [2.24, 2.45) is 0 Å². The van der Waals surface area contributed by atoms with Crippen molar-refractivity contribution in [1.82, 2.24) is 15.2 Å². The predicted molar refractivity (Wildman–Crippen MR) is 138 cm³/mol. The maximum absolute atomic E-state index is 11.8. The molecule has 6 nitrogen and oxygen atoms in total. The lowest BCUT2D eigenvalue weighted by molar-refractivity contribution is -0.131. The van der Waals surface area contributed by atoms with Crippen LogP contribution in [0, 0.1) is 0 Å². The van der Waals surface area contributed by atoms with Crippen molar-refractivity contribution in [3.63, 3.8) is 0 Å². The number of thioether (sulfide) groups is 1. The number of nitrogens with zero attached hydrogens (tertiary/aromatic N) is 2. The number of carboxylic acid groups (broad SMARTS) is 1. The zero-order valence-corrected chi connectivity index (χ0v) is 21.2. The van der Waals surface area contributed by atoms with Crippen molar-refractivity contribution in [3.8, 4) is 17.1 Å². The number of aromatic amines is 1. The number of hydrogen-bond donors (Lipinski definition) is 2. The van der Waals surface area contributed by atoms with Crippen LogP contribution < -0.4 is 4.74 Å². The molecule has 0 amide bonds. The van der Waals surface area contributed by atoms with E-state index in [1.165, 1.54) is 0 Å². The Morgan fingerprint density at radius 3 is 2.59 bits per heavy atom. The molecule has 3 aromatic carbocycles. The van der Waals surface area contributed by atoms with E-state index in [2.05, 4.69) is 31.1 Å². The zero-order valence-electron chi connectivity index (χ0n) is 17.3. The average molecular weight is 577 g/mol. The van der Waals surface area contributed by atoms with Crippen LogP contribution in [-0.4, -0.2) is 26.3 Å². The third kappa shape index (κ3) is 6.21. The van der Waals surface area contributed by atoms with Gasteiger partial charge < -0.3 is 9.84 Å². The van der Waals surface area contributed by atoms with Gasteiger partial charge in [0.25, 0.3) is 0 Å². The fourth-order valence-corrected chi connectivity index (χ4v) is 4.44. The third-order valence-electron chi connectivity index (χ3n) is 4.59. The smallest absolute Gasteiger partial charge is 0.342 e. The monoisotopic (exact) mass is 575 g/mol. The molecule has 10 heteroatoms. The van der Waals surface area contributed by atoms with Gasteiger partial charge in [-0.05, 0) is 81.8 Å². The standard InChI is InChI=1S/C24H16BrCl2N3O3S/c25-18-11-14(5-10-20(18)33-13-16-3-1-2-4-19(16)27)12-21(23(31)32)34-24-28-22(29-30-24)15-6-8-17(26)9-7-15/h1-12H,13H2,(H,31,32)(H,28,29,30)/b21-12-. The van der Waals surface area contributed by atoms with Crippen molar-refractivity contribution in [1.29, 1.82) is 0 Å². The Bertz CT molecular complexity index is 1360. The first-order chi connectivity index (χ1) is 16.4. The second-order valence-electron chi connectivity index (χ2n) is 6.96. The van der Waals surface area contributed by atoms with Crippen LogP contribution in [0.5, 0.6) is 5.75 Å². The van der Waals surface area contributed by atoms with E-state index in [1.807, 2.05) is 18.2 Å². The number of aromatic nitrogens is 3. The van der Waals surface area contributed by atoms with Gasteiger partial charge in [-0.25, -0.2) is 9.78 Å². The molecule has 0 atom stereocenters. The van der Waals surface area contributed by atoms with Crippen LogP contribution in [0.4, 0.5) is 0 Å². The Morgan fingerprint density at radius 1 is 1.12 bits per heavy atom. The van der Waals surface area contributed by atoms with E-state index in [-0.39, 0.29) is 10.1 Å². The van der Waals surface area contributed by atoms with E-state index in [4.69, 9.17) is 27.9 Å². The van der Waals surface area contributed by atoms with Gasteiger partial charge in [-0.15, -0.1) is 5.10 Å². The maximum atomic E-state index is 11.8.